The summed E-state index contributed by atoms with van der Waals surface area (Å²) in [5.41, 5.74) is 1.46. The van der Waals surface area contributed by atoms with Crippen LogP contribution in [0.25, 0.3) is 10.8 Å². The largest absolute Gasteiger partial charge is 0.454 e. The van der Waals surface area contributed by atoms with Crippen molar-refractivity contribution in [2.45, 2.75) is 39.2 Å². The molecule has 0 unspecified atom stereocenters. The highest BCUT2D eigenvalue weighted by Crippen LogP contribution is 2.38. The number of ether oxygens (including phenoxy) is 1. The van der Waals surface area contributed by atoms with Gasteiger partial charge in [-0.25, -0.2) is 4.79 Å². The van der Waals surface area contributed by atoms with Crippen LogP contribution in [0.15, 0.2) is 22.0 Å². The van der Waals surface area contributed by atoms with E-state index in [9.17, 15) is 9.59 Å². The van der Waals surface area contributed by atoms with E-state index in [1.165, 1.54) is 29.6 Å². The molecule has 27 heavy (non-hydrogen) atoms. The van der Waals surface area contributed by atoms with Crippen molar-refractivity contribution < 1.29 is 18.8 Å². The van der Waals surface area contributed by atoms with Gasteiger partial charge in [-0.2, -0.15) is 4.98 Å². The number of carbonyl (C=O) groups is 2. The highest BCUT2D eigenvalue weighted by atomic mass is 32.1. The Hall–Kier alpha value is -2.52. The Labute approximate surface area is 163 Å². The SMILES string of the molecule is CC(=O)Nc1sc2c(c1C(=O)OCc1noc(-c3cccs3)n1)CCCC2. The Bertz CT molecular complexity index is 975. The van der Waals surface area contributed by atoms with Gasteiger partial charge in [-0.15, -0.1) is 22.7 Å². The molecule has 3 heterocycles. The summed E-state index contributed by atoms with van der Waals surface area (Å²) in [6, 6.07) is 3.78. The highest BCUT2D eigenvalue weighted by Gasteiger charge is 2.27. The normalized spacial score (nSPS) is 13.2. The van der Waals surface area contributed by atoms with Crippen LogP contribution in [0.1, 0.15) is 46.4 Å². The standard InChI is InChI=1S/C18H17N3O4S2/c1-10(22)19-17-15(11-5-2-3-6-12(11)27-17)18(23)24-9-14-20-16(25-21-14)13-7-4-8-26-13/h4,7-8H,2-3,5-6,9H2,1H3,(H,19,22). The first-order valence-corrected chi connectivity index (χ1v) is 10.3. The van der Waals surface area contributed by atoms with Gasteiger partial charge in [0.25, 0.3) is 5.89 Å². The molecule has 4 rings (SSSR count). The Morgan fingerprint density at radius 1 is 1.33 bits per heavy atom. The van der Waals surface area contributed by atoms with Crippen molar-refractivity contribution >= 4 is 39.6 Å². The highest BCUT2D eigenvalue weighted by molar-refractivity contribution is 7.17. The fraction of sp³-hybridized carbons (Fsp3) is 0.333. The van der Waals surface area contributed by atoms with Crippen molar-refractivity contribution in [1.29, 1.82) is 0 Å². The zero-order chi connectivity index (χ0) is 18.8. The van der Waals surface area contributed by atoms with Gasteiger partial charge in [0, 0.05) is 11.8 Å². The van der Waals surface area contributed by atoms with E-state index in [2.05, 4.69) is 15.5 Å². The van der Waals surface area contributed by atoms with E-state index in [0.29, 0.717) is 22.3 Å². The fourth-order valence-electron chi connectivity index (χ4n) is 3.04. The van der Waals surface area contributed by atoms with E-state index >= 15 is 0 Å². The van der Waals surface area contributed by atoms with Gasteiger partial charge in [0.15, 0.2) is 6.61 Å². The Morgan fingerprint density at radius 2 is 2.19 bits per heavy atom. The molecule has 0 saturated carbocycles. The minimum atomic E-state index is -0.472. The molecule has 1 aliphatic rings. The van der Waals surface area contributed by atoms with Crippen LogP contribution in [0.5, 0.6) is 0 Å². The number of thiophene rings is 2. The number of aryl methyl sites for hydroxylation is 1. The van der Waals surface area contributed by atoms with Crippen molar-refractivity contribution in [2.75, 3.05) is 5.32 Å². The first-order valence-electron chi connectivity index (χ1n) is 8.57. The first kappa shape index (κ1) is 17.9. The second kappa shape index (κ2) is 7.61. The Kier molecular flexibility index (Phi) is 5.04. The number of nitrogens with zero attached hydrogens (tertiary/aromatic N) is 2. The van der Waals surface area contributed by atoms with Crippen molar-refractivity contribution in [3.8, 4) is 10.8 Å². The molecule has 0 fully saturated rings. The molecule has 0 aromatic carbocycles. The number of carbonyl (C=O) groups excluding carboxylic acids is 2. The molecule has 1 amide bonds. The molecule has 3 aromatic rings. The van der Waals surface area contributed by atoms with Gasteiger partial charge in [-0.1, -0.05) is 11.2 Å². The maximum Gasteiger partial charge on any atom is 0.341 e. The number of amides is 1. The summed E-state index contributed by atoms with van der Waals surface area (Å²) < 4.78 is 10.6. The zero-order valence-corrected chi connectivity index (χ0v) is 16.2. The van der Waals surface area contributed by atoms with E-state index in [1.54, 1.807) is 0 Å². The molecule has 140 valence electrons. The second-order valence-electron chi connectivity index (χ2n) is 6.17. The number of anilines is 1. The number of rotatable bonds is 5. The molecule has 9 heteroatoms. The number of hydrogen-bond acceptors (Lipinski definition) is 8. The second-order valence-corrected chi connectivity index (χ2v) is 8.22. The molecule has 1 N–H and O–H groups in total. The molecule has 7 nitrogen and oxygen atoms in total. The Balaban J connectivity index is 1.51. The van der Waals surface area contributed by atoms with Gasteiger partial charge >= 0.3 is 5.97 Å². The molecule has 0 bridgehead atoms. The van der Waals surface area contributed by atoms with Crippen molar-refractivity contribution in [3.63, 3.8) is 0 Å². The summed E-state index contributed by atoms with van der Waals surface area (Å²) in [4.78, 5) is 30.5. The Morgan fingerprint density at radius 3 is 2.96 bits per heavy atom. The van der Waals surface area contributed by atoms with Gasteiger partial charge in [0.1, 0.15) is 5.00 Å². The van der Waals surface area contributed by atoms with Crippen LogP contribution < -0.4 is 5.32 Å². The number of esters is 1. The predicted molar refractivity (Wildman–Crippen MR) is 102 cm³/mol. The van der Waals surface area contributed by atoms with Crippen LogP contribution in [0.3, 0.4) is 0 Å². The van der Waals surface area contributed by atoms with Crippen LogP contribution in [-0.4, -0.2) is 22.0 Å². The summed E-state index contributed by atoms with van der Waals surface area (Å²) in [6.07, 6.45) is 3.86. The lowest BCUT2D eigenvalue weighted by molar-refractivity contribution is -0.114. The predicted octanol–water partition coefficient (Wildman–Crippen LogP) is 4.05. The van der Waals surface area contributed by atoms with Crippen molar-refractivity contribution in [3.05, 3.63) is 39.3 Å². The van der Waals surface area contributed by atoms with Crippen LogP contribution in [0.4, 0.5) is 5.00 Å². The minimum absolute atomic E-state index is 0.0855. The number of nitrogens with one attached hydrogen (secondary N) is 1. The molecule has 0 aliphatic heterocycles. The van der Waals surface area contributed by atoms with Crippen LogP contribution >= 0.6 is 22.7 Å². The monoisotopic (exact) mass is 403 g/mol. The van der Waals surface area contributed by atoms with Crippen LogP contribution in [-0.2, 0) is 29.0 Å². The average molecular weight is 403 g/mol. The number of fused-ring (bicyclic) bond motifs is 1. The number of hydrogen-bond donors (Lipinski definition) is 1. The summed E-state index contributed by atoms with van der Waals surface area (Å²) in [5.74, 6) is 0.0295. The third-order valence-corrected chi connectivity index (χ3v) is 6.26. The summed E-state index contributed by atoms with van der Waals surface area (Å²) in [7, 11) is 0. The third kappa shape index (κ3) is 3.79. The van der Waals surface area contributed by atoms with Crippen LogP contribution in [0.2, 0.25) is 0 Å². The average Bonchev–Trinajstić information content (AvgIpc) is 3.37. The van der Waals surface area contributed by atoms with Crippen molar-refractivity contribution in [2.24, 2.45) is 0 Å². The lowest BCUT2D eigenvalue weighted by atomic mass is 9.95. The molecule has 0 spiro atoms. The van der Waals surface area contributed by atoms with Crippen LogP contribution in [0, 0.1) is 0 Å². The lowest BCUT2D eigenvalue weighted by Gasteiger charge is -2.12. The smallest absolute Gasteiger partial charge is 0.341 e. The zero-order valence-electron chi connectivity index (χ0n) is 14.6. The van der Waals surface area contributed by atoms with Gasteiger partial charge in [0.2, 0.25) is 11.7 Å². The van der Waals surface area contributed by atoms with Gasteiger partial charge < -0.3 is 14.6 Å². The van der Waals surface area contributed by atoms with Crippen molar-refractivity contribution in [1.82, 2.24) is 10.1 Å². The maximum atomic E-state index is 12.7. The van der Waals surface area contributed by atoms with Gasteiger partial charge in [0.05, 0.1) is 10.4 Å². The summed E-state index contributed by atoms with van der Waals surface area (Å²) >= 11 is 2.95. The summed E-state index contributed by atoms with van der Waals surface area (Å²) in [5, 5.41) is 9.10. The molecule has 0 saturated heterocycles. The molecular weight excluding hydrogens is 386 g/mol. The third-order valence-electron chi connectivity index (χ3n) is 4.20. The quantitative estimate of drug-likeness (QED) is 0.646. The first-order chi connectivity index (χ1) is 13.1. The number of aromatic nitrogens is 2. The topological polar surface area (TPSA) is 94.3 Å². The molecule has 0 atom stereocenters. The maximum absolute atomic E-state index is 12.7. The van der Waals surface area contributed by atoms with E-state index in [4.69, 9.17) is 9.26 Å². The molecular formula is C18H17N3O4S2. The van der Waals surface area contributed by atoms with Gasteiger partial charge in [-0.3, -0.25) is 4.79 Å². The fourth-order valence-corrected chi connectivity index (χ4v) is 5.01. The van der Waals surface area contributed by atoms with Gasteiger partial charge in [-0.05, 0) is 42.7 Å². The van der Waals surface area contributed by atoms with E-state index < -0.39 is 5.97 Å². The van der Waals surface area contributed by atoms with E-state index in [0.717, 1.165) is 41.0 Å². The van der Waals surface area contributed by atoms with E-state index in [1.807, 2.05) is 17.5 Å². The molecule has 1 aliphatic carbocycles. The lowest BCUT2D eigenvalue weighted by Crippen LogP contribution is -2.14. The molecule has 0 radical (unpaired) electrons. The molecule has 3 aromatic heterocycles. The minimum Gasteiger partial charge on any atom is -0.454 e. The van der Waals surface area contributed by atoms with E-state index in [-0.39, 0.29) is 12.5 Å². The summed E-state index contributed by atoms with van der Waals surface area (Å²) in [6.45, 7) is 1.34.